The molecule has 0 bridgehead atoms. The lowest BCUT2D eigenvalue weighted by Crippen LogP contribution is -2.58. The van der Waals surface area contributed by atoms with Crippen LogP contribution in [0.5, 0.6) is 0 Å². The van der Waals surface area contributed by atoms with Crippen LogP contribution < -0.4 is 20.9 Å². The Morgan fingerprint density at radius 1 is 0.936 bits per heavy atom. The zero-order chi connectivity index (χ0) is 33.2. The average Bonchev–Trinajstić information content (AvgIpc) is 3.09. The van der Waals surface area contributed by atoms with Gasteiger partial charge in [0, 0.05) is 69.1 Å². The minimum atomic E-state index is -0.671. The van der Waals surface area contributed by atoms with Crippen LogP contribution in [0.15, 0.2) is 72.8 Å². The van der Waals surface area contributed by atoms with Crippen LogP contribution >= 0.6 is 11.6 Å². The fourth-order valence-electron chi connectivity index (χ4n) is 6.42. The summed E-state index contributed by atoms with van der Waals surface area (Å²) in [4.78, 5) is 31.9. The summed E-state index contributed by atoms with van der Waals surface area (Å²) in [5.74, 6) is 0.356. The highest BCUT2D eigenvalue weighted by Gasteiger charge is 2.32. The molecule has 252 valence electrons. The Kier molecular flexibility index (Phi) is 12.7. The molecular formula is C38H50ClN5O3. The van der Waals surface area contributed by atoms with Crippen molar-refractivity contribution in [1.82, 2.24) is 20.9 Å². The van der Waals surface area contributed by atoms with Gasteiger partial charge in [-0.15, -0.1) is 0 Å². The molecule has 0 aliphatic carbocycles. The van der Waals surface area contributed by atoms with Gasteiger partial charge >= 0.3 is 0 Å². The molecule has 3 aromatic carbocycles. The maximum atomic E-state index is 14.1. The van der Waals surface area contributed by atoms with Crippen molar-refractivity contribution in [2.75, 3.05) is 50.8 Å². The van der Waals surface area contributed by atoms with Crippen LogP contribution in [0.2, 0.25) is 5.02 Å². The number of piperazine rings is 1. The van der Waals surface area contributed by atoms with Gasteiger partial charge in [-0.1, -0.05) is 80.0 Å². The molecule has 3 atom stereocenters. The molecule has 1 fully saturated rings. The Hall–Kier alpha value is -3.43. The minimum Gasteiger partial charge on any atom is -0.381 e. The number of carbonyl (C=O) groups excluding carboxylic acids is 2. The first-order chi connectivity index (χ1) is 22.8. The molecule has 47 heavy (non-hydrogen) atoms. The predicted octanol–water partition coefficient (Wildman–Crippen LogP) is 5.14. The molecule has 0 saturated carbocycles. The summed E-state index contributed by atoms with van der Waals surface area (Å²) in [6.07, 6.45) is 1.97. The van der Waals surface area contributed by atoms with Gasteiger partial charge in [0.05, 0.1) is 6.04 Å². The van der Waals surface area contributed by atoms with Crippen molar-refractivity contribution in [3.63, 3.8) is 0 Å². The number of nitrogens with zero attached hydrogens (tertiary/aromatic N) is 2. The van der Waals surface area contributed by atoms with E-state index in [0.29, 0.717) is 43.4 Å². The first kappa shape index (κ1) is 34.9. The van der Waals surface area contributed by atoms with Gasteiger partial charge in [-0.3, -0.25) is 9.59 Å². The molecule has 0 aromatic heterocycles. The van der Waals surface area contributed by atoms with E-state index in [4.69, 9.17) is 16.3 Å². The van der Waals surface area contributed by atoms with Gasteiger partial charge in [-0.2, -0.15) is 0 Å². The van der Waals surface area contributed by atoms with Crippen LogP contribution in [-0.4, -0.2) is 74.7 Å². The van der Waals surface area contributed by atoms with E-state index in [1.165, 1.54) is 22.4 Å². The fourth-order valence-corrected chi connectivity index (χ4v) is 6.55. The van der Waals surface area contributed by atoms with E-state index in [9.17, 15) is 9.59 Å². The normalized spacial score (nSPS) is 17.7. The van der Waals surface area contributed by atoms with Crippen molar-refractivity contribution >= 4 is 29.1 Å². The molecule has 2 aliphatic heterocycles. The minimum absolute atomic E-state index is 0.0489. The first-order valence-electron chi connectivity index (χ1n) is 17.1. The molecule has 8 nitrogen and oxygen atoms in total. The van der Waals surface area contributed by atoms with Gasteiger partial charge in [0.2, 0.25) is 11.8 Å². The second-order valence-electron chi connectivity index (χ2n) is 13.2. The Morgan fingerprint density at radius 2 is 1.64 bits per heavy atom. The van der Waals surface area contributed by atoms with Crippen LogP contribution in [-0.2, 0) is 33.7 Å². The predicted molar refractivity (Wildman–Crippen MR) is 190 cm³/mol. The largest absolute Gasteiger partial charge is 0.381 e. The van der Waals surface area contributed by atoms with E-state index in [-0.39, 0.29) is 23.9 Å². The third-order valence-corrected chi connectivity index (χ3v) is 9.32. The molecule has 1 saturated heterocycles. The number of carbonyl (C=O) groups is 2. The number of hydrogen-bond acceptors (Lipinski definition) is 6. The van der Waals surface area contributed by atoms with Crippen molar-refractivity contribution in [2.45, 2.75) is 64.7 Å². The van der Waals surface area contributed by atoms with E-state index < -0.39 is 6.04 Å². The Labute approximate surface area is 285 Å². The highest BCUT2D eigenvalue weighted by atomic mass is 35.5. The highest BCUT2D eigenvalue weighted by Crippen LogP contribution is 2.27. The fraction of sp³-hybridized carbons (Fsp3) is 0.474. The van der Waals surface area contributed by atoms with Crippen LogP contribution in [0.1, 0.15) is 55.5 Å². The zero-order valence-corrected chi connectivity index (χ0v) is 28.8. The van der Waals surface area contributed by atoms with Gasteiger partial charge in [0.1, 0.15) is 6.04 Å². The average molecular weight is 660 g/mol. The maximum Gasteiger partial charge on any atom is 0.245 e. The number of hydrogen-bond donors (Lipinski definition) is 3. The van der Waals surface area contributed by atoms with Crippen LogP contribution in [0, 0.1) is 5.92 Å². The number of rotatable bonds is 14. The lowest BCUT2D eigenvalue weighted by Gasteiger charge is -2.39. The van der Waals surface area contributed by atoms with Crippen molar-refractivity contribution in [3.8, 4) is 0 Å². The third kappa shape index (κ3) is 9.80. The second-order valence-corrected chi connectivity index (χ2v) is 13.6. The van der Waals surface area contributed by atoms with Crippen LogP contribution in [0.4, 0.5) is 5.69 Å². The van der Waals surface area contributed by atoms with Gasteiger partial charge in [-0.25, -0.2) is 0 Å². The standard InChI is InChI=1S/C38H50ClN5O3/c1-27(2)26-47-22-8-17-40-28(3)33-11-6-7-12-36(33)43-18-20-44(21-19-43)38(46)35(23-29-13-15-32(39)16-14-29)42-37(45)34-24-30-9-4-5-10-31(30)25-41-34/h4-7,9-16,27-28,34-35,40-41H,8,17-26H2,1-3H3,(H,42,45)/t28?,34-,35-/m1/s1. The summed E-state index contributed by atoms with van der Waals surface area (Å²) in [5.41, 5.74) is 5.79. The lowest BCUT2D eigenvalue weighted by molar-refractivity contribution is -0.137. The lowest BCUT2D eigenvalue weighted by atomic mass is 9.95. The first-order valence-corrected chi connectivity index (χ1v) is 17.4. The van der Waals surface area contributed by atoms with E-state index >= 15 is 0 Å². The highest BCUT2D eigenvalue weighted by molar-refractivity contribution is 6.30. The number of nitrogens with one attached hydrogen (secondary N) is 3. The van der Waals surface area contributed by atoms with E-state index in [2.05, 4.69) is 78.0 Å². The summed E-state index contributed by atoms with van der Waals surface area (Å²) in [7, 11) is 0. The molecule has 0 spiro atoms. The van der Waals surface area contributed by atoms with Crippen LogP contribution in [0.3, 0.4) is 0 Å². The van der Waals surface area contributed by atoms with Gasteiger partial charge in [0.15, 0.2) is 0 Å². The number of benzene rings is 3. The summed E-state index contributed by atoms with van der Waals surface area (Å²) in [5, 5.41) is 10.8. The number of ether oxygens (including phenoxy) is 1. The van der Waals surface area contributed by atoms with Gasteiger partial charge < -0.3 is 30.5 Å². The number of para-hydroxylation sites is 1. The van der Waals surface area contributed by atoms with E-state index in [0.717, 1.165) is 44.8 Å². The van der Waals surface area contributed by atoms with E-state index in [1.54, 1.807) is 0 Å². The number of amides is 2. The van der Waals surface area contributed by atoms with Crippen molar-refractivity contribution in [1.29, 1.82) is 0 Å². The van der Waals surface area contributed by atoms with Crippen molar-refractivity contribution in [3.05, 3.63) is 100 Å². The van der Waals surface area contributed by atoms with Gasteiger partial charge in [-0.05, 0) is 72.7 Å². The quantitative estimate of drug-likeness (QED) is 0.208. The molecule has 3 aromatic rings. The molecular weight excluding hydrogens is 610 g/mol. The summed E-state index contributed by atoms with van der Waals surface area (Å²) in [6, 6.07) is 23.4. The maximum absolute atomic E-state index is 14.1. The molecule has 5 rings (SSSR count). The van der Waals surface area contributed by atoms with E-state index in [1.807, 2.05) is 41.3 Å². The Balaban J connectivity index is 1.20. The molecule has 1 unspecified atom stereocenters. The summed E-state index contributed by atoms with van der Waals surface area (Å²) >= 11 is 6.14. The number of anilines is 1. The molecule has 9 heteroatoms. The Morgan fingerprint density at radius 3 is 2.38 bits per heavy atom. The molecule has 3 N–H and O–H groups in total. The van der Waals surface area contributed by atoms with Crippen molar-refractivity contribution < 1.29 is 14.3 Å². The SMILES string of the molecule is CC(C)COCCCNC(C)c1ccccc1N1CCN(C(=O)[C@@H](Cc2ccc(Cl)cc2)NC(=O)[C@H]2Cc3ccccc3CN2)CC1. The summed E-state index contributed by atoms with van der Waals surface area (Å²) < 4.78 is 5.74. The molecule has 0 radical (unpaired) electrons. The Bertz CT molecular complexity index is 1460. The summed E-state index contributed by atoms with van der Waals surface area (Å²) in [6.45, 7) is 12.2. The second kappa shape index (κ2) is 17.1. The molecule has 2 heterocycles. The zero-order valence-electron chi connectivity index (χ0n) is 28.0. The molecule has 2 aliphatic rings. The third-order valence-electron chi connectivity index (χ3n) is 9.07. The van der Waals surface area contributed by atoms with Gasteiger partial charge in [0.25, 0.3) is 0 Å². The number of fused-ring (bicyclic) bond motifs is 1. The number of halogens is 1. The van der Waals surface area contributed by atoms with Crippen LogP contribution in [0.25, 0.3) is 0 Å². The monoisotopic (exact) mass is 659 g/mol. The smallest absolute Gasteiger partial charge is 0.245 e. The topological polar surface area (TPSA) is 85.9 Å². The van der Waals surface area contributed by atoms with Crippen molar-refractivity contribution in [2.24, 2.45) is 5.92 Å². The molecule has 2 amide bonds.